The fourth-order valence-electron chi connectivity index (χ4n) is 2.49. The first-order chi connectivity index (χ1) is 10.0. The second-order valence-corrected chi connectivity index (χ2v) is 5.97. The topological polar surface area (TPSA) is 29.3 Å². The van der Waals surface area contributed by atoms with Crippen LogP contribution in [0.5, 0.6) is 0 Å². The standard InChI is InChI=1S/C18H23ClN2/c1-4-14-5-8-17(9-6-14)21(3)18-10-7-16(19)12-15(18)11-13(2)20/h5-10,12-13H,4,11,20H2,1-3H3. The predicted octanol–water partition coefficient (Wildman–Crippen LogP) is 4.56. The highest BCUT2D eigenvalue weighted by Gasteiger charge is 2.11. The fourth-order valence-corrected chi connectivity index (χ4v) is 2.68. The monoisotopic (exact) mass is 302 g/mol. The summed E-state index contributed by atoms with van der Waals surface area (Å²) in [5.74, 6) is 0. The van der Waals surface area contributed by atoms with Crippen molar-refractivity contribution in [2.24, 2.45) is 5.73 Å². The minimum absolute atomic E-state index is 0.109. The molecule has 2 rings (SSSR count). The molecular weight excluding hydrogens is 280 g/mol. The van der Waals surface area contributed by atoms with Gasteiger partial charge in [0.25, 0.3) is 0 Å². The number of hydrogen-bond donors (Lipinski definition) is 1. The van der Waals surface area contributed by atoms with Crippen LogP contribution >= 0.6 is 11.6 Å². The molecule has 0 bridgehead atoms. The van der Waals surface area contributed by atoms with Crippen LogP contribution in [-0.4, -0.2) is 13.1 Å². The van der Waals surface area contributed by atoms with Crippen molar-refractivity contribution in [1.82, 2.24) is 0 Å². The first-order valence-corrected chi connectivity index (χ1v) is 7.75. The molecule has 0 aromatic heterocycles. The molecule has 0 aliphatic carbocycles. The van der Waals surface area contributed by atoms with Crippen LogP contribution in [-0.2, 0) is 12.8 Å². The van der Waals surface area contributed by atoms with E-state index in [-0.39, 0.29) is 6.04 Å². The molecule has 0 saturated heterocycles. The molecule has 2 aromatic rings. The SMILES string of the molecule is CCc1ccc(N(C)c2ccc(Cl)cc2CC(C)N)cc1. The maximum Gasteiger partial charge on any atom is 0.0442 e. The van der Waals surface area contributed by atoms with E-state index >= 15 is 0 Å². The van der Waals surface area contributed by atoms with Gasteiger partial charge in [0, 0.05) is 29.5 Å². The summed E-state index contributed by atoms with van der Waals surface area (Å²) in [5, 5.41) is 0.754. The van der Waals surface area contributed by atoms with Gasteiger partial charge in [-0.3, -0.25) is 0 Å². The van der Waals surface area contributed by atoms with E-state index in [2.05, 4.69) is 49.2 Å². The minimum atomic E-state index is 0.109. The van der Waals surface area contributed by atoms with Crippen LogP contribution in [0.4, 0.5) is 11.4 Å². The molecular formula is C18H23ClN2. The van der Waals surface area contributed by atoms with Crippen LogP contribution in [0, 0.1) is 0 Å². The molecule has 0 heterocycles. The maximum atomic E-state index is 6.13. The van der Waals surface area contributed by atoms with Gasteiger partial charge >= 0.3 is 0 Å². The van der Waals surface area contributed by atoms with Crippen LogP contribution < -0.4 is 10.6 Å². The van der Waals surface area contributed by atoms with Gasteiger partial charge in [-0.2, -0.15) is 0 Å². The first-order valence-electron chi connectivity index (χ1n) is 7.38. The van der Waals surface area contributed by atoms with Gasteiger partial charge in [-0.1, -0.05) is 30.7 Å². The van der Waals surface area contributed by atoms with E-state index in [0.717, 1.165) is 23.6 Å². The molecule has 0 radical (unpaired) electrons. The number of nitrogens with zero attached hydrogens (tertiary/aromatic N) is 1. The molecule has 0 amide bonds. The third-order valence-electron chi connectivity index (χ3n) is 3.68. The zero-order valence-electron chi connectivity index (χ0n) is 12.9. The molecule has 2 aromatic carbocycles. The average Bonchev–Trinajstić information content (AvgIpc) is 2.46. The summed E-state index contributed by atoms with van der Waals surface area (Å²) in [6.07, 6.45) is 1.87. The molecule has 2 N–H and O–H groups in total. The summed E-state index contributed by atoms with van der Waals surface area (Å²) in [6, 6.07) is 14.8. The number of benzene rings is 2. The lowest BCUT2D eigenvalue weighted by atomic mass is 10.0. The smallest absolute Gasteiger partial charge is 0.0442 e. The molecule has 0 spiro atoms. The van der Waals surface area contributed by atoms with Gasteiger partial charge in [-0.25, -0.2) is 0 Å². The molecule has 3 heteroatoms. The minimum Gasteiger partial charge on any atom is -0.344 e. The lowest BCUT2D eigenvalue weighted by molar-refractivity contribution is 0.737. The third-order valence-corrected chi connectivity index (χ3v) is 3.91. The molecule has 112 valence electrons. The lowest BCUT2D eigenvalue weighted by Gasteiger charge is -2.24. The van der Waals surface area contributed by atoms with Crippen molar-refractivity contribution in [1.29, 1.82) is 0 Å². The van der Waals surface area contributed by atoms with Crippen LogP contribution in [0.15, 0.2) is 42.5 Å². The quantitative estimate of drug-likeness (QED) is 0.877. The van der Waals surface area contributed by atoms with Gasteiger partial charge in [0.05, 0.1) is 0 Å². The Labute approximate surface area is 132 Å². The van der Waals surface area contributed by atoms with E-state index in [1.807, 2.05) is 19.1 Å². The largest absolute Gasteiger partial charge is 0.344 e. The first kappa shape index (κ1) is 15.9. The van der Waals surface area contributed by atoms with E-state index in [9.17, 15) is 0 Å². The Kier molecular flexibility index (Phi) is 5.27. The molecule has 0 fully saturated rings. The summed E-state index contributed by atoms with van der Waals surface area (Å²) in [7, 11) is 2.08. The highest BCUT2D eigenvalue weighted by molar-refractivity contribution is 6.30. The van der Waals surface area contributed by atoms with Crippen molar-refractivity contribution in [2.45, 2.75) is 32.7 Å². The number of rotatable bonds is 5. The van der Waals surface area contributed by atoms with Crippen molar-refractivity contribution < 1.29 is 0 Å². The molecule has 21 heavy (non-hydrogen) atoms. The average molecular weight is 303 g/mol. The Morgan fingerprint density at radius 2 is 1.81 bits per heavy atom. The Morgan fingerprint density at radius 1 is 1.14 bits per heavy atom. The van der Waals surface area contributed by atoms with E-state index < -0.39 is 0 Å². The second-order valence-electron chi connectivity index (χ2n) is 5.53. The van der Waals surface area contributed by atoms with Crippen molar-refractivity contribution in [3.05, 3.63) is 58.6 Å². The Morgan fingerprint density at radius 3 is 2.38 bits per heavy atom. The van der Waals surface area contributed by atoms with Crippen LogP contribution in [0.3, 0.4) is 0 Å². The Bertz CT molecular complexity index is 591. The summed E-state index contributed by atoms with van der Waals surface area (Å²) in [4.78, 5) is 2.19. The normalized spacial score (nSPS) is 12.2. The summed E-state index contributed by atoms with van der Waals surface area (Å²) in [5.41, 5.74) is 10.8. The van der Waals surface area contributed by atoms with Crippen molar-refractivity contribution in [2.75, 3.05) is 11.9 Å². The Balaban J connectivity index is 2.34. The summed E-state index contributed by atoms with van der Waals surface area (Å²) >= 11 is 6.13. The lowest BCUT2D eigenvalue weighted by Crippen LogP contribution is -2.20. The van der Waals surface area contributed by atoms with E-state index in [1.165, 1.54) is 16.8 Å². The highest BCUT2D eigenvalue weighted by Crippen LogP contribution is 2.30. The van der Waals surface area contributed by atoms with Crippen LogP contribution in [0.25, 0.3) is 0 Å². The predicted molar refractivity (Wildman–Crippen MR) is 92.7 cm³/mol. The van der Waals surface area contributed by atoms with Gasteiger partial charge in [-0.15, -0.1) is 0 Å². The number of hydrogen-bond acceptors (Lipinski definition) is 2. The van der Waals surface area contributed by atoms with Gasteiger partial charge in [0.15, 0.2) is 0 Å². The van der Waals surface area contributed by atoms with E-state index in [1.54, 1.807) is 0 Å². The van der Waals surface area contributed by atoms with Crippen molar-refractivity contribution in [3.63, 3.8) is 0 Å². The van der Waals surface area contributed by atoms with Crippen LogP contribution in [0.2, 0.25) is 5.02 Å². The number of anilines is 2. The van der Waals surface area contributed by atoms with Crippen LogP contribution in [0.1, 0.15) is 25.0 Å². The molecule has 2 nitrogen and oxygen atoms in total. The second kappa shape index (κ2) is 6.97. The molecule has 0 saturated carbocycles. The maximum absolute atomic E-state index is 6.13. The molecule has 1 unspecified atom stereocenters. The molecule has 1 atom stereocenters. The number of aryl methyl sites for hydroxylation is 1. The number of nitrogens with two attached hydrogens (primary N) is 1. The van der Waals surface area contributed by atoms with E-state index in [0.29, 0.717) is 0 Å². The zero-order valence-corrected chi connectivity index (χ0v) is 13.7. The van der Waals surface area contributed by atoms with Gasteiger partial charge in [0.1, 0.15) is 0 Å². The summed E-state index contributed by atoms with van der Waals surface area (Å²) < 4.78 is 0. The van der Waals surface area contributed by atoms with Gasteiger partial charge < -0.3 is 10.6 Å². The molecule has 0 aliphatic heterocycles. The Hall–Kier alpha value is -1.51. The molecule has 0 aliphatic rings. The van der Waals surface area contributed by atoms with Gasteiger partial charge in [0.2, 0.25) is 0 Å². The third kappa shape index (κ3) is 3.99. The zero-order chi connectivity index (χ0) is 15.4. The highest BCUT2D eigenvalue weighted by atomic mass is 35.5. The van der Waals surface area contributed by atoms with Gasteiger partial charge in [-0.05, 0) is 61.2 Å². The van der Waals surface area contributed by atoms with E-state index in [4.69, 9.17) is 17.3 Å². The number of halogens is 1. The fraction of sp³-hybridized carbons (Fsp3) is 0.333. The van der Waals surface area contributed by atoms with Crippen molar-refractivity contribution in [3.8, 4) is 0 Å². The summed E-state index contributed by atoms with van der Waals surface area (Å²) in [6.45, 7) is 4.18. The van der Waals surface area contributed by atoms with Crippen molar-refractivity contribution >= 4 is 23.0 Å².